The lowest BCUT2D eigenvalue weighted by molar-refractivity contribution is 0.120. The molecule has 1 aromatic carbocycles. The van der Waals surface area contributed by atoms with Crippen LogP contribution in [0.2, 0.25) is 0 Å². The fourth-order valence-electron chi connectivity index (χ4n) is 1.89. The number of hydrogen-bond donors (Lipinski definition) is 2. The first-order chi connectivity index (χ1) is 7.93. The van der Waals surface area contributed by atoms with Crippen LogP contribution in [0.25, 0.3) is 0 Å². The molecule has 1 rings (SSSR count). The summed E-state index contributed by atoms with van der Waals surface area (Å²) in [6, 6.07) is 6.66. The minimum absolute atomic E-state index is 0.275. The molecule has 0 saturated heterocycles. The van der Waals surface area contributed by atoms with Crippen molar-refractivity contribution in [2.45, 2.75) is 46.8 Å². The van der Waals surface area contributed by atoms with Crippen molar-refractivity contribution >= 4 is 0 Å². The van der Waals surface area contributed by atoms with Gasteiger partial charge in [0.25, 0.3) is 0 Å². The van der Waals surface area contributed by atoms with Crippen LogP contribution < -0.4 is 5.32 Å². The Hall–Kier alpha value is -0.860. The number of benzene rings is 1. The summed E-state index contributed by atoms with van der Waals surface area (Å²) in [5.41, 5.74) is 3.98. The van der Waals surface area contributed by atoms with Crippen molar-refractivity contribution < 1.29 is 5.11 Å². The van der Waals surface area contributed by atoms with Gasteiger partial charge in [-0.2, -0.15) is 0 Å². The molecule has 0 aliphatic heterocycles. The van der Waals surface area contributed by atoms with Gasteiger partial charge >= 0.3 is 0 Å². The molecule has 0 amide bonds. The van der Waals surface area contributed by atoms with Gasteiger partial charge in [-0.1, -0.05) is 32.0 Å². The molecule has 0 aromatic heterocycles. The fraction of sp³-hybridized carbons (Fsp3) is 0.600. The molecule has 0 fully saturated rings. The van der Waals surface area contributed by atoms with Crippen LogP contribution in [0.1, 0.15) is 43.5 Å². The summed E-state index contributed by atoms with van der Waals surface area (Å²) >= 11 is 0. The Kier molecular flexibility index (Phi) is 5.16. The van der Waals surface area contributed by atoms with E-state index in [0.29, 0.717) is 12.5 Å². The molecular weight excluding hydrogens is 210 g/mol. The molecule has 2 heteroatoms. The Balaban J connectivity index is 2.64. The molecule has 96 valence electrons. The van der Waals surface area contributed by atoms with E-state index in [-0.39, 0.29) is 12.1 Å². The van der Waals surface area contributed by atoms with Crippen LogP contribution in [0, 0.1) is 19.8 Å². The molecule has 17 heavy (non-hydrogen) atoms. The molecule has 0 bridgehead atoms. The van der Waals surface area contributed by atoms with E-state index >= 15 is 0 Å². The van der Waals surface area contributed by atoms with Gasteiger partial charge in [0.05, 0.1) is 6.10 Å². The van der Waals surface area contributed by atoms with Gasteiger partial charge in [-0.15, -0.1) is 0 Å². The summed E-state index contributed by atoms with van der Waals surface area (Å²) in [7, 11) is 0. The van der Waals surface area contributed by atoms with Crippen molar-refractivity contribution in [3.8, 4) is 0 Å². The van der Waals surface area contributed by atoms with Crippen molar-refractivity contribution in [1.82, 2.24) is 5.32 Å². The predicted molar refractivity (Wildman–Crippen MR) is 73.2 cm³/mol. The number of nitrogens with one attached hydrogen (secondary N) is 1. The van der Waals surface area contributed by atoms with Gasteiger partial charge in [0.1, 0.15) is 0 Å². The molecule has 1 aromatic rings. The van der Waals surface area contributed by atoms with Crippen LogP contribution >= 0.6 is 0 Å². The normalized spacial score (nSPS) is 15.0. The summed E-state index contributed by atoms with van der Waals surface area (Å²) in [6.45, 7) is 11.2. The van der Waals surface area contributed by atoms with Gasteiger partial charge < -0.3 is 10.4 Å². The van der Waals surface area contributed by atoms with E-state index in [4.69, 9.17) is 0 Å². The van der Waals surface area contributed by atoms with Crippen LogP contribution in [-0.4, -0.2) is 17.8 Å². The molecule has 2 atom stereocenters. The lowest BCUT2D eigenvalue weighted by Gasteiger charge is -2.21. The second-order valence-corrected chi connectivity index (χ2v) is 5.23. The van der Waals surface area contributed by atoms with Crippen molar-refractivity contribution in [1.29, 1.82) is 0 Å². The molecule has 0 saturated carbocycles. The van der Waals surface area contributed by atoms with Gasteiger partial charge in [0.2, 0.25) is 0 Å². The SMILES string of the molecule is Cc1cccc(C(C)NCC(O)C(C)C)c1C. The average molecular weight is 235 g/mol. The van der Waals surface area contributed by atoms with E-state index in [1.54, 1.807) is 0 Å². The van der Waals surface area contributed by atoms with Gasteiger partial charge in [0, 0.05) is 12.6 Å². The maximum absolute atomic E-state index is 9.78. The number of aryl methyl sites for hydroxylation is 1. The van der Waals surface area contributed by atoms with Crippen LogP contribution in [0.15, 0.2) is 18.2 Å². The van der Waals surface area contributed by atoms with E-state index in [9.17, 15) is 5.11 Å². The van der Waals surface area contributed by atoms with Crippen LogP contribution in [0.4, 0.5) is 0 Å². The average Bonchev–Trinajstić information content (AvgIpc) is 2.29. The molecule has 0 radical (unpaired) electrons. The van der Waals surface area contributed by atoms with E-state index in [1.807, 2.05) is 13.8 Å². The maximum atomic E-state index is 9.78. The fourth-order valence-corrected chi connectivity index (χ4v) is 1.89. The smallest absolute Gasteiger partial charge is 0.0687 e. The summed E-state index contributed by atoms with van der Waals surface area (Å²) in [5.74, 6) is 0.299. The summed E-state index contributed by atoms with van der Waals surface area (Å²) in [4.78, 5) is 0. The molecule has 0 spiro atoms. The van der Waals surface area contributed by atoms with E-state index in [0.717, 1.165) is 0 Å². The highest BCUT2D eigenvalue weighted by molar-refractivity contribution is 5.34. The topological polar surface area (TPSA) is 32.3 Å². The molecule has 2 N–H and O–H groups in total. The monoisotopic (exact) mass is 235 g/mol. The third kappa shape index (κ3) is 3.83. The number of aliphatic hydroxyl groups excluding tert-OH is 1. The Morgan fingerprint density at radius 2 is 1.82 bits per heavy atom. The Morgan fingerprint density at radius 3 is 2.41 bits per heavy atom. The molecule has 0 heterocycles. The molecule has 2 nitrogen and oxygen atoms in total. The second kappa shape index (κ2) is 6.18. The number of aliphatic hydroxyl groups is 1. The van der Waals surface area contributed by atoms with Crippen LogP contribution in [0.3, 0.4) is 0 Å². The van der Waals surface area contributed by atoms with E-state index in [1.165, 1.54) is 16.7 Å². The van der Waals surface area contributed by atoms with Crippen molar-refractivity contribution in [3.63, 3.8) is 0 Å². The van der Waals surface area contributed by atoms with Crippen molar-refractivity contribution in [2.75, 3.05) is 6.54 Å². The minimum Gasteiger partial charge on any atom is -0.392 e. The maximum Gasteiger partial charge on any atom is 0.0687 e. The second-order valence-electron chi connectivity index (χ2n) is 5.23. The highest BCUT2D eigenvalue weighted by Crippen LogP contribution is 2.20. The number of hydrogen-bond acceptors (Lipinski definition) is 2. The first kappa shape index (κ1) is 14.2. The van der Waals surface area contributed by atoms with Crippen LogP contribution in [-0.2, 0) is 0 Å². The van der Waals surface area contributed by atoms with E-state index < -0.39 is 0 Å². The standard InChI is InChI=1S/C15H25NO/c1-10(2)15(17)9-16-13(5)14-8-6-7-11(3)12(14)4/h6-8,10,13,15-17H,9H2,1-5H3. The Labute approximate surface area is 105 Å². The zero-order valence-electron chi connectivity index (χ0n) is 11.6. The largest absolute Gasteiger partial charge is 0.392 e. The Bertz CT molecular complexity index is 360. The summed E-state index contributed by atoms with van der Waals surface area (Å²) < 4.78 is 0. The predicted octanol–water partition coefficient (Wildman–Crippen LogP) is 2.97. The highest BCUT2D eigenvalue weighted by atomic mass is 16.3. The number of rotatable bonds is 5. The lowest BCUT2D eigenvalue weighted by Crippen LogP contribution is -2.32. The minimum atomic E-state index is -0.275. The third-order valence-electron chi connectivity index (χ3n) is 3.52. The quantitative estimate of drug-likeness (QED) is 0.822. The molecule has 0 aliphatic rings. The highest BCUT2D eigenvalue weighted by Gasteiger charge is 2.13. The first-order valence-electron chi connectivity index (χ1n) is 6.41. The van der Waals surface area contributed by atoms with Crippen molar-refractivity contribution in [2.24, 2.45) is 5.92 Å². The first-order valence-corrected chi connectivity index (χ1v) is 6.41. The van der Waals surface area contributed by atoms with Gasteiger partial charge in [0.15, 0.2) is 0 Å². The Morgan fingerprint density at radius 1 is 1.18 bits per heavy atom. The van der Waals surface area contributed by atoms with Crippen molar-refractivity contribution in [3.05, 3.63) is 34.9 Å². The molecule has 2 unspecified atom stereocenters. The van der Waals surface area contributed by atoms with Gasteiger partial charge in [-0.25, -0.2) is 0 Å². The third-order valence-corrected chi connectivity index (χ3v) is 3.52. The molecular formula is C15H25NO. The zero-order valence-corrected chi connectivity index (χ0v) is 11.6. The summed E-state index contributed by atoms with van der Waals surface area (Å²) in [5, 5.41) is 13.2. The van der Waals surface area contributed by atoms with Gasteiger partial charge in [-0.05, 0) is 43.4 Å². The van der Waals surface area contributed by atoms with E-state index in [2.05, 4.69) is 44.3 Å². The van der Waals surface area contributed by atoms with Crippen LogP contribution in [0.5, 0.6) is 0 Å². The zero-order chi connectivity index (χ0) is 13.0. The lowest BCUT2D eigenvalue weighted by atomic mass is 9.98. The summed E-state index contributed by atoms with van der Waals surface area (Å²) in [6.07, 6.45) is -0.275. The molecule has 0 aliphatic carbocycles. The van der Waals surface area contributed by atoms with Gasteiger partial charge in [-0.3, -0.25) is 0 Å².